The van der Waals surface area contributed by atoms with Crippen LogP contribution in [0.25, 0.3) is 0 Å². The van der Waals surface area contributed by atoms with Gasteiger partial charge >= 0.3 is 7.62 Å². The van der Waals surface area contributed by atoms with Crippen LogP contribution in [0, 0.1) is 0 Å². The van der Waals surface area contributed by atoms with E-state index in [1.807, 2.05) is 18.2 Å². The third kappa shape index (κ3) is 1.80. The Bertz CT molecular complexity index is 467. The lowest BCUT2D eigenvalue weighted by Gasteiger charge is -2.39. The zero-order valence-electron chi connectivity index (χ0n) is 10.7. The molecule has 0 bridgehead atoms. The van der Waals surface area contributed by atoms with Gasteiger partial charge in [0, 0.05) is 24.5 Å². The second-order valence-electron chi connectivity index (χ2n) is 5.30. The van der Waals surface area contributed by atoms with Gasteiger partial charge < -0.3 is 9.47 Å². The molecule has 3 rings (SSSR count). The van der Waals surface area contributed by atoms with Gasteiger partial charge in [-0.25, -0.2) is 0 Å². The van der Waals surface area contributed by atoms with Gasteiger partial charge in [0.25, 0.3) is 0 Å². The van der Waals surface area contributed by atoms with Gasteiger partial charge in [-0.3, -0.25) is 4.79 Å². The SMILES string of the molecule is CO[B]N1CCC2(CC1)CC(=O)c1ccccc12. The van der Waals surface area contributed by atoms with Gasteiger partial charge in [0.1, 0.15) is 0 Å². The van der Waals surface area contributed by atoms with E-state index >= 15 is 0 Å². The maximum Gasteiger partial charge on any atom is 0.398 e. The predicted molar refractivity (Wildman–Crippen MR) is 70.6 cm³/mol. The minimum absolute atomic E-state index is 0.0890. The van der Waals surface area contributed by atoms with E-state index in [0.29, 0.717) is 12.2 Å². The van der Waals surface area contributed by atoms with Crippen LogP contribution in [0.15, 0.2) is 24.3 Å². The van der Waals surface area contributed by atoms with Gasteiger partial charge in [0.2, 0.25) is 0 Å². The Balaban J connectivity index is 1.84. The number of piperidine rings is 1. The van der Waals surface area contributed by atoms with E-state index < -0.39 is 0 Å². The number of nitrogens with zero attached hydrogens (tertiary/aromatic N) is 1. The number of fused-ring (bicyclic) bond motifs is 2. The second-order valence-corrected chi connectivity index (χ2v) is 5.30. The van der Waals surface area contributed by atoms with Crippen LogP contribution in [-0.2, 0) is 10.1 Å². The minimum Gasteiger partial charge on any atom is -0.427 e. The predicted octanol–water partition coefficient (Wildman–Crippen LogP) is 1.79. The number of Topliss-reactive ketones (excluding diaryl/α,β-unsaturated/α-hetero) is 1. The van der Waals surface area contributed by atoms with Gasteiger partial charge in [0.15, 0.2) is 5.78 Å². The molecule has 1 heterocycles. The molecule has 4 heteroatoms. The van der Waals surface area contributed by atoms with Gasteiger partial charge in [-0.05, 0) is 31.5 Å². The molecule has 0 amide bonds. The summed E-state index contributed by atoms with van der Waals surface area (Å²) in [5.41, 5.74) is 2.31. The first-order valence-corrected chi connectivity index (χ1v) is 6.48. The Morgan fingerprint density at radius 1 is 1.28 bits per heavy atom. The first-order valence-electron chi connectivity index (χ1n) is 6.48. The standard InChI is InChI=1S/C14H17BNO2/c1-18-15-16-8-6-14(7-9-16)10-13(17)11-4-2-3-5-12(11)14/h2-5H,6-10H2,1H3. The maximum absolute atomic E-state index is 12.1. The topological polar surface area (TPSA) is 29.5 Å². The first-order chi connectivity index (χ1) is 8.75. The monoisotopic (exact) mass is 242 g/mol. The zero-order chi connectivity index (χ0) is 12.6. The van der Waals surface area contributed by atoms with Crippen molar-refractivity contribution >= 4 is 13.4 Å². The van der Waals surface area contributed by atoms with Crippen LogP contribution in [0.5, 0.6) is 0 Å². The van der Waals surface area contributed by atoms with Crippen molar-refractivity contribution in [3.05, 3.63) is 35.4 Å². The molecule has 3 nitrogen and oxygen atoms in total. The molecular formula is C14H17BNO2. The molecule has 2 aliphatic rings. The number of rotatable bonds is 2. The normalized spacial score (nSPS) is 22.2. The van der Waals surface area contributed by atoms with E-state index in [2.05, 4.69) is 10.9 Å². The third-order valence-electron chi connectivity index (χ3n) is 4.31. The van der Waals surface area contributed by atoms with Crippen LogP contribution in [-0.4, -0.2) is 38.4 Å². The molecule has 0 unspecified atom stereocenters. The summed E-state index contributed by atoms with van der Waals surface area (Å²) in [4.78, 5) is 14.3. The van der Waals surface area contributed by atoms with Gasteiger partial charge in [-0.2, -0.15) is 0 Å². The van der Waals surface area contributed by atoms with Gasteiger partial charge in [-0.1, -0.05) is 24.3 Å². The highest BCUT2D eigenvalue weighted by molar-refractivity contribution is 6.23. The van der Waals surface area contributed by atoms with E-state index in [9.17, 15) is 4.79 Å². The van der Waals surface area contributed by atoms with Crippen molar-refractivity contribution in [3.63, 3.8) is 0 Å². The molecule has 0 saturated carbocycles. The van der Waals surface area contributed by atoms with Crippen LogP contribution in [0.4, 0.5) is 0 Å². The summed E-state index contributed by atoms with van der Waals surface area (Å²) in [6, 6.07) is 8.12. The Labute approximate surface area is 108 Å². The summed E-state index contributed by atoms with van der Waals surface area (Å²) < 4.78 is 5.06. The molecular weight excluding hydrogens is 225 g/mol. The van der Waals surface area contributed by atoms with E-state index in [-0.39, 0.29) is 5.41 Å². The van der Waals surface area contributed by atoms with Crippen LogP contribution >= 0.6 is 0 Å². The van der Waals surface area contributed by atoms with Crippen molar-refractivity contribution in [2.24, 2.45) is 0 Å². The van der Waals surface area contributed by atoms with Gasteiger partial charge in [0.05, 0.1) is 0 Å². The summed E-state index contributed by atoms with van der Waals surface area (Å²) in [6.45, 7) is 1.94. The lowest BCUT2D eigenvalue weighted by molar-refractivity contribution is 0.0954. The molecule has 1 spiro atoms. The van der Waals surface area contributed by atoms with Crippen LogP contribution in [0.1, 0.15) is 35.2 Å². The maximum atomic E-state index is 12.1. The molecule has 0 aromatic heterocycles. The van der Waals surface area contributed by atoms with Crippen LogP contribution in [0.2, 0.25) is 0 Å². The number of hydrogen-bond acceptors (Lipinski definition) is 3. The Hall–Kier alpha value is -1.13. The number of hydrogen-bond donors (Lipinski definition) is 0. The highest BCUT2D eigenvalue weighted by atomic mass is 16.4. The third-order valence-corrected chi connectivity index (χ3v) is 4.31. The van der Waals surface area contributed by atoms with Crippen molar-refractivity contribution in [1.82, 2.24) is 4.81 Å². The lowest BCUT2D eigenvalue weighted by Crippen LogP contribution is -2.43. The molecule has 93 valence electrons. The molecule has 1 aliphatic heterocycles. The fourth-order valence-corrected chi connectivity index (χ4v) is 3.34. The lowest BCUT2D eigenvalue weighted by atomic mass is 9.73. The Morgan fingerprint density at radius 2 is 2.00 bits per heavy atom. The average molecular weight is 242 g/mol. The molecule has 1 aromatic rings. The molecule has 1 fully saturated rings. The molecule has 1 aromatic carbocycles. The van der Waals surface area contributed by atoms with Crippen molar-refractivity contribution in [3.8, 4) is 0 Å². The van der Waals surface area contributed by atoms with E-state index in [1.165, 1.54) is 5.56 Å². The zero-order valence-corrected chi connectivity index (χ0v) is 10.7. The molecule has 0 atom stereocenters. The fourth-order valence-electron chi connectivity index (χ4n) is 3.34. The molecule has 18 heavy (non-hydrogen) atoms. The smallest absolute Gasteiger partial charge is 0.398 e. The second kappa shape index (κ2) is 4.52. The summed E-state index contributed by atoms with van der Waals surface area (Å²) in [7, 11) is 3.47. The Morgan fingerprint density at radius 3 is 2.72 bits per heavy atom. The van der Waals surface area contributed by atoms with Crippen LogP contribution in [0.3, 0.4) is 0 Å². The quantitative estimate of drug-likeness (QED) is 0.740. The number of carbonyl (C=O) groups is 1. The highest BCUT2D eigenvalue weighted by Crippen LogP contribution is 2.45. The van der Waals surface area contributed by atoms with Crippen molar-refractivity contribution in [2.45, 2.75) is 24.7 Å². The summed E-state index contributed by atoms with van der Waals surface area (Å²) in [6.07, 6.45) is 2.76. The first kappa shape index (κ1) is 11.9. The average Bonchev–Trinajstić information content (AvgIpc) is 2.67. The molecule has 1 saturated heterocycles. The fraction of sp³-hybridized carbons (Fsp3) is 0.500. The summed E-state index contributed by atoms with van der Waals surface area (Å²) in [5, 5.41) is 0. The Kier molecular flexibility index (Phi) is 3.00. The summed E-state index contributed by atoms with van der Waals surface area (Å²) >= 11 is 0. The van der Waals surface area contributed by atoms with E-state index in [4.69, 9.17) is 4.65 Å². The van der Waals surface area contributed by atoms with E-state index in [0.717, 1.165) is 31.5 Å². The van der Waals surface area contributed by atoms with E-state index in [1.54, 1.807) is 14.7 Å². The molecule has 1 radical (unpaired) electrons. The summed E-state index contributed by atoms with van der Waals surface area (Å²) in [5.74, 6) is 0.315. The van der Waals surface area contributed by atoms with Crippen LogP contribution < -0.4 is 0 Å². The van der Waals surface area contributed by atoms with Crippen molar-refractivity contribution < 1.29 is 9.45 Å². The molecule has 0 N–H and O–H groups in total. The highest BCUT2D eigenvalue weighted by Gasteiger charge is 2.44. The largest absolute Gasteiger partial charge is 0.427 e. The molecule has 1 aliphatic carbocycles. The minimum atomic E-state index is 0.0890. The van der Waals surface area contributed by atoms with Crippen molar-refractivity contribution in [2.75, 3.05) is 20.2 Å². The number of benzene rings is 1. The van der Waals surface area contributed by atoms with Gasteiger partial charge in [-0.15, -0.1) is 0 Å². The van der Waals surface area contributed by atoms with Crippen molar-refractivity contribution in [1.29, 1.82) is 0 Å². The number of carbonyl (C=O) groups excluding carboxylic acids is 1. The number of ketones is 1.